The quantitative estimate of drug-likeness (QED) is 0.727. The van der Waals surface area contributed by atoms with Gasteiger partial charge >= 0.3 is 0 Å². The van der Waals surface area contributed by atoms with Gasteiger partial charge in [0.05, 0.1) is 25.7 Å². The van der Waals surface area contributed by atoms with Gasteiger partial charge in [0.2, 0.25) is 0 Å². The first-order valence-electron chi connectivity index (χ1n) is 5.33. The van der Waals surface area contributed by atoms with Crippen LogP contribution in [0.2, 0.25) is 0 Å². The lowest BCUT2D eigenvalue weighted by atomic mass is 10.1. The fourth-order valence-corrected chi connectivity index (χ4v) is 1.72. The van der Waals surface area contributed by atoms with E-state index in [0.717, 1.165) is 0 Å². The maximum atomic E-state index is 8.41. The third kappa shape index (κ3) is 2.39. The fourth-order valence-electron chi connectivity index (χ4n) is 1.72. The third-order valence-electron chi connectivity index (χ3n) is 2.50. The summed E-state index contributed by atoms with van der Waals surface area (Å²) in [7, 11) is 0. The Morgan fingerprint density at radius 1 is 1.06 bits per heavy atom. The van der Waals surface area contributed by atoms with Crippen LogP contribution in [0.3, 0.4) is 0 Å². The Bertz CT molecular complexity index is 508. The van der Waals surface area contributed by atoms with Crippen LogP contribution < -0.4 is 0 Å². The maximum Gasteiger partial charge on any atom is 0.0723 e. The van der Waals surface area contributed by atoms with Crippen molar-refractivity contribution in [2.45, 2.75) is 13.0 Å². The number of fused-ring (bicyclic) bond motifs is 1. The molecule has 0 fully saturated rings. The van der Waals surface area contributed by atoms with Crippen molar-refractivity contribution >= 4 is 10.8 Å². The molecule has 0 bridgehead atoms. The smallest absolute Gasteiger partial charge is 0.0723 e. The van der Waals surface area contributed by atoms with E-state index in [2.05, 4.69) is 30.3 Å². The molecule has 0 amide bonds. The second kappa shape index (κ2) is 5.29. The molecule has 0 unspecified atom stereocenters. The van der Waals surface area contributed by atoms with Crippen LogP contribution >= 0.6 is 0 Å². The molecule has 2 nitrogen and oxygen atoms in total. The van der Waals surface area contributed by atoms with E-state index in [9.17, 15) is 0 Å². The average Bonchev–Trinajstić information content (AvgIpc) is 2.35. The van der Waals surface area contributed by atoms with Crippen LogP contribution in [0.25, 0.3) is 10.8 Å². The van der Waals surface area contributed by atoms with E-state index in [-0.39, 0.29) is 0 Å². The number of ether oxygens (including phenoxy) is 1. The second-order valence-electron chi connectivity index (χ2n) is 3.60. The summed E-state index contributed by atoms with van der Waals surface area (Å²) < 4.78 is 5.45. The maximum absolute atomic E-state index is 8.41. The van der Waals surface area contributed by atoms with E-state index in [1.54, 1.807) is 0 Å². The van der Waals surface area contributed by atoms with Gasteiger partial charge in [-0.05, 0) is 16.3 Å². The number of nitriles is 1. The van der Waals surface area contributed by atoms with Gasteiger partial charge in [-0.2, -0.15) is 5.26 Å². The molecule has 2 aromatic rings. The molecule has 0 saturated heterocycles. The zero-order chi connectivity index (χ0) is 11.2. The molecular formula is C14H13NO. The van der Waals surface area contributed by atoms with Crippen LogP contribution in [0, 0.1) is 11.3 Å². The van der Waals surface area contributed by atoms with Crippen LogP contribution in [0.15, 0.2) is 42.5 Å². The summed E-state index contributed by atoms with van der Waals surface area (Å²) in [6.45, 7) is 1.07. The van der Waals surface area contributed by atoms with Gasteiger partial charge in [-0.1, -0.05) is 42.5 Å². The predicted molar refractivity (Wildman–Crippen MR) is 63.8 cm³/mol. The SMILES string of the molecule is N#CCCOCc1cccc2ccccc12. The van der Waals surface area contributed by atoms with E-state index in [4.69, 9.17) is 10.00 Å². The van der Waals surface area contributed by atoms with Crippen molar-refractivity contribution in [2.24, 2.45) is 0 Å². The van der Waals surface area contributed by atoms with Crippen LogP contribution in [-0.2, 0) is 11.3 Å². The molecule has 0 aliphatic carbocycles. The van der Waals surface area contributed by atoms with Crippen molar-refractivity contribution in [1.82, 2.24) is 0 Å². The van der Waals surface area contributed by atoms with Gasteiger partial charge in [0.1, 0.15) is 0 Å². The number of benzene rings is 2. The van der Waals surface area contributed by atoms with Crippen molar-refractivity contribution in [3.8, 4) is 6.07 Å². The Hall–Kier alpha value is -1.85. The average molecular weight is 211 g/mol. The van der Waals surface area contributed by atoms with E-state index in [0.29, 0.717) is 19.6 Å². The molecule has 2 aromatic carbocycles. The minimum Gasteiger partial charge on any atom is -0.376 e. The first-order valence-corrected chi connectivity index (χ1v) is 5.33. The van der Waals surface area contributed by atoms with E-state index < -0.39 is 0 Å². The van der Waals surface area contributed by atoms with Crippen molar-refractivity contribution in [3.63, 3.8) is 0 Å². The highest BCUT2D eigenvalue weighted by Crippen LogP contribution is 2.18. The van der Waals surface area contributed by atoms with Gasteiger partial charge < -0.3 is 4.74 Å². The fraction of sp³-hybridized carbons (Fsp3) is 0.214. The number of rotatable bonds is 4. The standard InChI is InChI=1S/C14H13NO/c15-9-4-10-16-11-13-7-3-6-12-5-1-2-8-14(12)13/h1-3,5-8H,4,10-11H2. The molecule has 0 aliphatic rings. The molecule has 0 atom stereocenters. The monoisotopic (exact) mass is 211 g/mol. The number of hydrogen-bond donors (Lipinski definition) is 0. The first-order chi connectivity index (χ1) is 7.92. The zero-order valence-electron chi connectivity index (χ0n) is 9.02. The summed E-state index contributed by atoms with van der Waals surface area (Å²) in [6, 6.07) is 16.5. The Kier molecular flexibility index (Phi) is 3.53. The molecule has 0 radical (unpaired) electrons. The number of hydrogen-bond acceptors (Lipinski definition) is 2. The zero-order valence-corrected chi connectivity index (χ0v) is 9.02. The molecule has 0 aromatic heterocycles. The largest absolute Gasteiger partial charge is 0.376 e. The van der Waals surface area contributed by atoms with E-state index in [1.165, 1.54) is 16.3 Å². The van der Waals surface area contributed by atoms with Crippen molar-refractivity contribution in [1.29, 1.82) is 5.26 Å². The van der Waals surface area contributed by atoms with E-state index in [1.807, 2.05) is 18.2 Å². The van der Waals surface area contributed by atoms with Gasteiger partial charge in [0.25, 0.3) is 0 Å². The molecule has 80 valence electrons. The minimum absolute atomic E-state index is 0.449. The number of nitrogens with zero attached hydrogens (tertiary/aromatic N) is 1. The van der Waals surface area contributed by atoms with Crippen molar-refractivity contribution in [3.05, 3.63) is 48.0 Å². The van der Waals surface area contributed by atoms with Crippen molar-refractivity contribution < 1.29 is 4.74 Å². The minimum atomic E-state index is 0.449. The Labute approximate surface area is 95.1 Å². The summed E-state index contributed by atoms with van der Waals surface area (Å²) in [5.41, 5.74) is 1.18. The lowest BCUT2D eigenvalue weighted by Crippen LogP contribution is -1.95. The Balaban J connectivity index is 2.15. The summed E-state index contributed by atoms with van der Waals surface area (Å²) in [5.74, 6) is 0. The van der Waals surface area contributed by atoms with Gasteiger partial charge in [-0.3, -0.25) is 0 Å². The topological polar surface area (TPSA) is 33.0 Å². The summed E-state index contributed by atoms with van der Waals surface area (Å²) in [5, 5.41) is 10.9. The Morgan fingerprint density at radius 3 is 2.75 bits per heavy atom. The molecule has 0 spiro atoms. The molecule has 2 heteroatoms. The molecular weight excluding hydrogens is 198 g/mol. The van der Waals surface area contributed by atoms with Gasteiger partial charge in [-0.25, -0.2) is 0 Å². The van der Waals surface area contributed by atoms with Crippen LogP contribution in [0.5, 0.6) is 0 Å². The van der Waals surface area contributed by atoms with Crippen LogP contribution in [0.4, 0.5) is 0 Å². The molecule has 16 heavy (non-hydrogen) atoms. The van der Waals surface area contributed by atoms with Crippen molar-refractivity contribution in [2.75, 3.05) is 6.61 Å². The molecule has 0 saturated carbocycles. The Morgan fingerprint density at radius 2 is 1.88 bits per heavy atom. The summed E-state index contributed by atoms with van der Waals surface area (Å²) >= 11 is 0. The van der Waals surface area contributed by atoms with Crippen LogP contribution in [-0.4, -0.2) is 6.61 Å². The highest BCUT2D eigenvalue weighted by atomic mass is 16.5. The molecule has 0 N–H and O–H groups in total. The van der Waals surface area contributed by atoms with Crippen LogP contribution in [0.1, 0.15) is 12.0 Å². The normalized spacial score (nSPS) is 10.2. The van der Waals surface area contributed by atoms with Gasteiger partial charge in [0.15, 0.2) is 0 Å². The predicted octanol–water partition coefficient (Wildman–Crippen LogP) is 3.27. The van der Waals surface area contributed by atoms with E-state index >= 15 is 0 Å². The molecule has 2 rings (SSSR count). The lowest BCUT2D eigenvalue weighted by molar-refractivity contribution is 0.127. The summed E-state index contributed by atoms with van der Waals surface area (Å²) in [4.78, 5) is 0. The first kappa shape index (κ1) is 10.7. The molecule has 0 aliphatic heterocycles. The second-order valence-corrected chi connectivity index (χ2v) is 3.60. The highest BCUT2D eigenvalue weighted by molar-refractivity contribution is 5.85. The van der Waals surface area contributed by atoms with Gasteiger partial charge in [-0.15, -0.1) is 0 Å². The molecule has 0 heterocycles. The summed E-state index contributed by atoms with van der Waals surface area (Å²) in [6.07, 6.45) is 0.449. The highest BCUT2D eigenvalue weighted by Gasteiger charge is 1.99. The lowest BCUT2D eigenvalue weighted by Gasteiger charge is -2.06. The van der Waals surface area contributed by atoms with Gasteiger partial charge in [0, 0.05) is 0 Å². The third-order valence-corrected chi connectivity index (χ3v) is 2.50.